The molecular formula is C30H22ClN5O8. The summed E-state index contributed by atoms with van der Waals surface area (Å²) in [5.74, 6) is -1.54. The monoisotopic (exact) mass is 615 g/mol. The van der Waals surface area contributed by atoms with Gasteiger partial charge in [0.25, 0.3) is 17.5 Å². The van der Waals surface area contributed by atoms with Crippen molar-refractivity contribution < 1.29 is 29.0 Å². The molecule has 222 valence electrons. The lowest BCUT2D eigenvalue weighted by atomic mass is 10.1. The van der Waals surface area contributed by atoms with Gasteiger partial charge in [0.15, 0.2) is 0 Å². The van der Waals surface area contributed by atoms with Crippen LogP contribution in [0.1, 0.15) is 22.5 Å². The largest absolute Gasteiger partial charge is 0.450 e. The number of nitrogens with one attached hydrogen (secondary N) is 1. The Kier molecular flexibility index (Phi) is 7.72. The molecule has 13 nitrogen and oxygen atoms in total. The number of anilines is 1. The molecule has 4 amide bonds. The number of nitrogens with zero attached hydrogens (tertiary/aromatic N) is 4. The summed E-state index contributed by atoms with van der Waals surface area (Å²) in [4.78, 5) is 60.5. The topological polar surface area (TPSA) is 167 Å². The molecule has 0 saturated carbocycles. The SMILES string of the molecule is Cc1ccc(N2C(=O)NC(=O)/C(=C/c3cc(C)n(-c4ccc(Oc5ccc([N+](=O)[O-])cc5[N+](=O)[O-])cc4)c3C)C2=O)cc1Cl. The minimum absolute atomic E-state index is 0.161. The van der Waals surface area contributed by atoms with Gasteiger partial charge in [-0.05, 0) is 86.5 Å². The normalized spacial score (nSPS) is 14.1. The summed E-state index contributed by atoms with van der Waals surface area (Å²) in [6.45, 7) is 5.39. The van der Waals surface area contributed by atoms with E-state index in [4.69, 9.17) is 16.3 Å². The summed E-state index contributed by atoms with van der Waals surface area (Å²) in [7, 11) is 0. The van der Waals surface area contributed by atoms with E-state index in [2.05, 4.69) is 5.32 Å². The molecule has 0 bridgehead atoms. The minimum atomic E-state index is -0.885. The van der Waals surface area contributed by atoms with Crippen molar-refractivity contribution >= 4 is 52.6 Å². The van der Waals surface area contributed by atoms with Gasteiger partial charge in [0.2, 0.25) is 5.75 Å². The molecule has 1 aromatic heterocycles. The summed E-state index contributed by atoms with van der Waals surface area (Å²) < 4.78 is 7.51. The Balaban J connectivity index is 1.43. The van der Waals surface area contributed by atoms with Gasteiger partial charge in [-0.3, -0.25) is 35.1 Å². The Labute approximate surface area is 254 Å². The van der Waals surface area contributed by atoms with E-state index in [-0.39, 0.29) is 22.8 Å². The smallest absolute Gasteiger partial charge is 0.335 e. The van der Waals surface area contributed by atoms with Crippen LogP contribution in [0.2, 0.25) is 5.02 Å². The third-order valence-electron chi connectivity index (χ3n) is 6.96. The Morgan fingerprint density at radius 1 is 0.864 bits per heavy atom. The first-order valence-electron chi connectivity index (χ1n) is 12.9. The summed E-state index contributed by atoms with van der Waals surface area (Å²) in [5, 5.41) is 25.0. The molecule has 1 N–H and O–H groups in total. The zero-order chi connectivity index (χ0) is 31.9. The highest BCUT2D eigenvalue weighted by atomic mass is 35.5. The highest BCUT2D eigenvalue weighted by Crippen LogP contribution is 2.35. The second-order valence-corrected chi connectivity index (χ2v) is 10.2. The summed E-state index contributed by atoms with van der Waals surface area (Å²) in [5.41, 5.74) is 2.42. The first kappa shape index (κ1) is 29.7. The van der Waals surface area contributed by atoms with Crippen LogP contribution in [0, 0.1) is 41.0 Å². The number of rotatable bonds is 7. The number of benzene rings is 3. The number of hydrogen-bond donors (Lipinski definition) is 1. The van der Waals surface area contributed by atoms with Gasteiger partial charge in [0.05, 0.1) is 21.6 Å². The number of carbonyl (C=O) groups is 3. The zero-order valence-electron chi connectivity index (χ0n) is 23.4. The van der Waals surface area contributed by atoms with Crippen LogP contribution >= 0.6 is 11.6 Å². The molecule has 1 aliphatic rings. The maximum atomic E-state index is 13.4. The summed E-state index contributed by atoms with van der Waals surface area (Å²) in [6.07, 6.45) is 1.41. The van der Waals surface area contributed by atoms with Crippen molar-refractivity contribution in [1.29, 1.82) is 0 Å². The molecular weight excluding hydrogens is 594 g/mol. The van der Waals surface area contributed by atoms with Gasteiger partial charge in [-0.15, -0.1) is 0 Å². The van der Waals surface area contributed by atoms with Crippen LogP contribution < -0.4 is 15.0 Å². The lowest BCUT2D eigenvalue weighted by Gasteiger charge is -2.26. The first-order chi connectivity index (χ1) is 20.8. The Morgan fingerprint density at radius 3 is 2.18 bits per heavy atom. The van der Waals surface area contributed by atoms with Crippen molar-refractivity contribution in [3.8, 4) is 17.2 Å². The molecule has 2 heterocycles. The Bertz CT molecular complexity index is 1930. The van der Waals surface area contributed by atoms with Gasteiger partial charge in [-0.25, -0.2) is 9.69 Å². The molecule has 1 fully saturated rings. The fraction of sp³-hybridized carbons (Fsp3) is 0.100. The number of nitro benzene ring substituents is 2. The van der Waals surface area contributed by atoms with E-state index < -0.39 is 39.1 Å². The predicted molar refractivity (Wildman–Crippen MR) is 160 cm³/mol. The average molecular weight is 616 g/mol. The number of carbonyl (C=O) groups excluding carboxylic acids is 3. The Morgan fingerprint density at radius 2 is 1.55 bits per heavy atom. The molecule has 0 atom stereocenters. The second kappa shape index (κ2) is 11.5. The minimum Gasteiger partial charge on any atom is -0.450 e. The average Bonchev–Trinajstić information content (AvgIpc) is 3.25. The molecule has 5 rings (SSSR count). The number of nitro groups is 2. The van der Waals surface area contributed by atoms with Crippen molar-refractivity contribution in [3.05, 3.63) is 120 Å². The maximum Gasteiger partial charge on any atom is 0.335 e. The van der Waals surface area contributed by atoms with E-state index in [1.54, 1.807) is 56.3 Å². The highest BCUT2D eigenvalue weighted by molar-refractivity contribution is 6.39. The van der Waals surface area contributed by atoms with Crippen molar-refractivity contribution in [2.75, 3.05) is 4.90 Å². The lowest BCUT2D eigenvalue weighted by molar-refractivity contribution is -0.394. The third-order valence-corrected chi connectivity index (χ3v) is 7.37. The third kappa shape index (κ3) is 5.51. The molecule has 1 aliphatic heterocycles. The quantitative estimate of drug-likeness (QED) is 0.109. The van der Waals surface area contributed by atoms with Crippen molar-refractivity contribution in [1.82, 2.24) is 9.88 Å². The van der Waals surface area contributed by atoms with Crippen LogP contribution in [-0.4, -0.2) is 32.3 Å². The molecule has 4 aromatic rings. The fourth-order valence-electron chi connectivity index (χ4n) is 4.74. The fourth-order valence-corrected chi connectivity index (χ4v) is 4.91. The number of urea groups is 1. The predicted octanol–water partition coefficient (Wildman–Crippen LogP) is 6.33. The molecule has 44 heavy (non-hydrogen) atoms. The number of non-ortho nitro benzene ring substituents is 1. The number of aromatic nitrogens is 1. The highest BCUT2D eigenvalue weighted by Gasteiger charge is 2.37. The molecule has 1 saturated heterocycles. The molecule has 3 aromatic carbocycles. The summed E-state index contributed by atoms with van der Waals surface area (Å²) >= 11 is 6.20. The van der Waals surface area contributed by atoms with Crippen LogP contribution in [0.25, 0.3) is 11.8 Å². The van der Waals surface area contributed by atoms with E-state index in [0.29, 0.717) is 22.0 Å². The lowest BCUT2D eigenvalue weighted by Crippen LogP contribution is -2.54. The number of aryl methyl sites for hydroxylation is 2. The van der Waals surface area contributed by atoms with Gasteiger partial charge in [-0.2, -0.15) is 0 Å². The van der Waals surface area contributed by atoms with Gasteiger partial charge in [0.1, 0.15) is 11.3 Å². The molecule has 0 unspecified atom stereocenters. The molecule has 0 spiro atoms. The van der Waals surface area contributed by atoms with Crippen LogP contribution in [-0.2, 0) is 9.59 Å². The van der Waals surface area contributed by atoms with E-state index >= 15 is 0 Å². The summed E-state index contributed by atoms with van der Waals surface area (Å²) in [6, 6.07) is 15.2. The molecule has 0 aliphatic carbocycles. The van der Waals surface area contributed by atoms with Crippen molar-refractivity contribution in [2.24, 2.45) is 0 Å². The van der Waals surface area contributed by atoms with E-state index in [9.17, 15) is 34.6 Å². The molecule has 14 heteroatoms. The number of halogens is 1. The first-order valence-corrected chi connectivity index (χ1v) is 13.3. The number of hydrogen-bond acceptors (Lipinski definition) is 8. The van der Waals surface area contributed by atoms with Crippen LogP contribution in [0.15, 0.2) is 72.3 Å². The number of amides is 4. The van der Waals surface area contributed by atoms with Gasteiger partial charge in [-0.1, -0.05) is 17.7 Å². The van der Waals surface area contributed by atoms with E-state index in [0.717, 1.165) is 34.4 Å². The van der Waals surface area contributed by atoms with E-state index in [1.165, 1.54) is 12.1 Å². The van der Waals surface area contributed by atoms with Crippen molar-refractivity contribution in [2.45, 2.75) is 20.8 Å². The standard InChI is InChI=1S/C30H22ClN5O8/c1-16-4-5-21(14-25(16)31)34-29(38)24(28(37)32-30(34)39)13-19-12-17(2)33(18(19)3)20-6-9-23(10-7-20)44-27-11-8-22(35(40)41)15-26(27)36(42)43/h4-15H,1-3H3,(H,32,37,39)/b24-13-. The van der Waals surface area contributed by atoms with Gasteiger partial charge in [0, 0.05) is 28.2 Å². The van der Waals surface area contributed by atoms with E-state index in [1.807, 2.05) is 11.5 Å². The zero-order valence-corrected chi connectivity index (χ0v) is 24.1. The van der Waals surface area contributed by atoms with Crippen LogP contribution in [0.5, 0.6) is 11.5 Å². The van der Waals surface area contributed by atoms with Gasteiger partial charge >= 0.3 is 11.7 Å². The van der Waals surface area contributed by atoms with Crippen LogP contribution in [0.3, 0.4) is 0 Å². The second-order valence-electron chi connectivity index (χ2n) is 9.82. The van der Waals surface area contributed by atoms with Crippen molar-refractivity contribution in [3.63, 3.8) is 0 Å². The van der Waals surface area contributed by atoms with Gasteiger partial charge < -0.3 is 9.30 Å². The number of barbiturate groups is 1. The van der Waals surface area contributed by atoms with Crippen LogP contribution in [0.4, 0.5) is 21.9 Å². The maximum absolute atomic E-state index is 13.4. The number of imide groups is 2. The molecule has 0 radical (unpaired) electrons. The Hall–Kier alpha value is -5.82. The number of ether oxygens (including phenoxy) is 1.